The smallest absolute Gasteiger partial charge is 0.566 e. The molecule has 1 unspecified atom stereocenters. The van der Waals surface area contributed by atoms with Gasteiger partial charge >= 0.3 is 40.4 Å². The first-order chi connectivity index (χ1) is 3.63. The zero-order valence-corrected chi connectivity index (χ0v) is 7.59. The molecule has 0 heterocycles. The summed E-state index contributed by atoms with van der Waals surface area (Å²) >= 11 is 0. The molecule has 1 N–H and O–H groups in total. The van der Waals surface area contributed by atoms with Crippen LogP contribution in [0.5, 0.6) is 0 Å². The van der Waals surface area contributed by atoms with Crippen LogP contribution in [0.15, 0.2) is 0 Å². The number of carboxylic acid groups (broad SMARTS) is 1. The molecule has 0 spiro atoms. The van der Waals surface area contributed by atoms with Gasteiger partial charge < -0.3 is 10.00 Å². The molecule has 0 aromatic rings. The van der Waals surface area contributed by atoms with E-state index in [2.05, 4.69) is 4.52 Å². The van der Waals surface area contributed by atoms with Crippen LogP contribution in [0.3, 0.4) is 0 Å². The fourth-order valence-electron chi connectivity index (χ4n) is 0.108. The number of carboxylic acids is 1. The molecule has 0 rings (SSSR count). The molecular weight excluding hydrogens is 226 g/mol. The Hall–Kier alpha value is 0.373. The second-order valence-corrected chi connectivity index (χ2v) is 1.60. The molecule has 7 heteroatoms. The average Bonchev–Trinajstić information content (AvgIpc) is 1.61. The van der Waals surface area contributed by atoms with Crippen molar-refractivity contribution in [3.63, 3.8) is 0 Å². The Morgan fingerprint density at radius 2 is 2.22 bits per heavy atom. The maximum absolute atomic E-state index is 9.51. The molecule has 0 bridgehead atoms. The van der Waals surface area contributed by atoms with Gasteiger partial charge in [0.2, 0.25) is 0 Å². The van der Waals surface area contributed by atoms with E-state index in [9.17, 15) is 14.3 Å². The quantitative estimate of drug-likeness (QED) is 0.634. The fraction of sp³-hybridized carbons (Fsp3) is 0.500. The van der Waals surface area contributed by atoms with Crippen LogP contribution >= 0.6 is 8.25 Å². The van der Waals surface area contributed by atoms with Crippen molar-refractivity contribution in [3.05, 3.63) is 0 Å². The molecule has 0 aromatic carbocycles. The Balaban J connectivity index is 0. The first kappa shape index (κ1) is 12.1. The number of carbonyl (C=O) groups is 1. The second kappa shape index (κ2) is 6.49. The summed E-state index contributed by atoms with van der Waals surface area (Å²) in [4.78, 5) is 19.0. The topological polar surface area (TPSA) is 86.7 Å². The molecule has 1 atom stereocenters. The van der Waals surface area contributed by atoms with Gasteiger partial charge in [-0.3, -0.25) is 0 Å². The molecule has 5 nitrogen and oxygen atoms in total. The van der Waals surface area contributed by atoms with Crippen molar-refractivity contribution < 1.29 is 50.1 Å². The van der Waals surface area contributed by atoms with E-state index in [0.29, 0.717) is 0 Å². The number of hydrogen-bond donors (Lipinski definition) is 1. The van der Waals surface area contributed by atoms with E-state index < -0.39 is 20.8 Å². The van der Waals surface area contributed by atoms with Crippen LogP contribution in [-0.2, 0) is 40.1 Å². The minimum atomic E-state index is -3.01. The Morgan fingerprint density at radius 1 is 1.78 bits per heavy atom. The molecule has 0 amide bonds. The van der Waals surface area contributed by atoms with E-state index in [0.717, 1.165) is 0 Å². The van der Waals surface area contributed by atoms with Crippen molar-refractivity contribution in [2.75, 3.05) is 6.61 Å². The predicted molar refractivity (Wildman–Crippen MR) is 21.2 cm³/mol. The maximum atomic E-state index is 9.51. The molecule has 0 radical (unpaired) electrons. The van der Waals surface area contributed by atoms with Crippen LogP contribution in [0.25, 0.3) is 0 Å². The first-order valence-electron chi connectivity index (χ1n) is 1.62. The molecule has 9 heavy (non-hydrogen) atoms. The van der Waals surface area contributed by atoms with Gasteiger partial charge in [0.05, 0.1) is 0 Å². The summed E-state index contributed by atoms with van der Waals surface area (Å²) < 4.78 is 13.1. The van der Waals surface area contributed by atoms with Crippen molar-refractivity contribution in [3.8, 4) is 0 Å². The third kappa shape index (κ3) is 11.8. The van der Waals surface area contributed by atoms with Gasteiger partial charge in [0.1, 0.15) is 0 Å². The van der Waals surface area contributed by atoms with Gasteiger partial charge in [-0.2, -0.15) is 0 Å². The molecule has 0 aliphatic rings. The summed E-state index contributed by atoms with van der Waals surface area (Å²) in [7, 11) is -3.01. The van der Waals surface area contributed by atoms with Crippen LogP contribution in [-0.4, -0.2) is 17.7 Å². The average molecular weight is 229 g/mol. The Kier molecular flexibility index (Phi) is 8.72. The standard InChI is InChI=1S/C2H3O5P.Zr/c3-2(4)1-7-8(5)6;/h1H2,(H,3,4);/q;+2. The minimum Gasteiger partial charge on any atom is -0.566 e. The molecular formula is C2H3O5PZr+2. The molecule has 0 aliphatic heterocycles. The Morgan fingerprint density at radius 3 is 2.33 bits per heavy atom. The Labute approximate surface area is 71.1 Å². The van der Waals surface area contributed by atoms with Gasteiger partial charge in [-0.1, -0.05) is 0 Å². The predicted octanol–water partition coefficient (Wildman–Crippen LogP) is -0.897. The van der Waals surface area contributed by atoms with Crippen LogP contribution in [0, 0.1) is 0 Å². The number of hydrogen-bond acceptors (Lipinski definition) is 4. The van der Waals surface area contributed by atoms with Gasteiger partial charge in [-0.05, 0) is 4.57 Å². The summed E-state index contributed by atoms with van der Waals surface area (Å²) in [5.41, 5.74) is 0. The number of rotatable bonds is 3. The second-order valence-electron chi connectivity index (χ2n) is 0.891. The first-order valence-corrected chi connectivity index (χ1v) is 2.71. The molecule has 0 aliphatic carbocycles. The van der Waals surface area contributed by atoms with E-state index in [4.69, 9.17) is 5.11 Å². The maximum Gasteiger partial charge on any atom is 2.00 e. The van der Waals surface area contributed by atoms with E-state index in [1.54, 1.807) is 0 Å². The van der Waals surface area contributed by atoms with Crippen LogP contribution in [0.4, 0.5) is 0 Å². The summed E-state index contributed by atoms with van der Waals surface area (Å²) in [6.45, 7) is -0.793. The summed E-state index contributed by atoms with van der Waals surface area (Å²) in [6, 6.07) is 0. The van der Waals surface area contributed by atoms with Gasteiger partial charge in [0.25, 0.3) is 0 Å². The van der Waals surface area contributed by atoms with Crippen molar-refractivity contribution >= 4 is 14.2 Å². The van der Waals surface area contributed by atoms with Gasteiger partial charge in [0, 0.05) is 0 Å². The SMILES string of the molecule is O=C(O)CO[P+](=O)[O-].[Zr+2]. The van der Waals surface area contributed by atoms with Crippen molar-refractivity contribution in [1.29, 1.82) is 0 Å². The zero-order valence-electron chi connectivity index (χ0n) is 4.23. The van der Waals surface area contributed by atoms with Gasteiger partial charge in [0.15, 0.2) is 6.61 Å². The summed E-state index contributed by atoms with van der Waals surface area (Å²) in [6.07, 6.45) is 0. The summed E-state index contributed by atoms with van der Waals surface area (Å²) in [5.74, 6) is -1.30. The van der Waals surface area contributed by atoms with E-state index in [-0.39, 0.29) is 26.2 Å². The van der Waals surface area contributed by atoms with Crippen LogP contribution < -0.4 is 4.89 Å². The van der Waals surface area contributed by atoms with Gasteiger partial charge in [-0.25, -0.2) is 4.79 Å². The minimum absolute atomic E-state index is 0. The van der Waals surface area contributed by atoms with Crippen molar-refractivity contribution in [2.24, 2.45) is 0 Å². The van der Waals surface area contributed by atoms with E-state index in [1.807, 2.05) is 0 Å². The fourth-order valence-corrected chi connectivity index (χ4v) is 0.324. The normalized spacial score (nSPS) is 9.67. The summed E-state index contributed by atoms with van der Waals surface area (Å²) in [5, 5.41) is 7.77. The van der Waals surface area contributed by atoms with E-state index >= 15 is 0 Å². The van der Waals surface area contributed by atoms with Crippen LogP contribution in [0.2, 0.25) is 0 Å². The Bertz CT molecular complexity index is 99.5. The zero-order chi connectivity index (χ0) is 6.57. The largest absolute Gasteiger partial charge is 2.00 e. The molecule has 0 aromatic heterocycles. The van der Waals surface area contributed by atoms with Gasteiger partial charge in [-0.15, -0.1) is 4.52 Å². The number of aliphatic carboxylic acids is 1. The van der Waals surface area contributed by atoms with Crippen LogP contribution in [0.1, 0.15) is 0 Å². The van der Waals surface area contributed by atoms with E-state index in [1.165, 1.54) is 0 Å². The third-order valence-corrected chi connectivity index (χ3v) is 0.633. The monoisotopic (exact) mass is 228 g/mol. The molecule has 48 valence electrons. The van der Waals surface area contributed by atoms with Crippen molar-refractivity contribution in [2.45, 2.75) is 0 Å². The molecule has 0 saturated heterocycles. The molecule has 0 saturated carbocycles. The third-order valence-electron chi connectivity index (χ3n) is 0.293. The van der Waals surface area contributed by atoms with Crippen molar-refractivity contribution in [1.82, 2.24) is 0 Å². The molecule has 0 fully saturated rings.